The quantitative estimate of drug-likeness (QED) is 0.188. The number of hydroxylamine groups is 1. The second-order valence-corrected chi connectivity index (χ2v) is 11.6. The smallest absolute Gasteiger partial charge is 0.433 e. The predicted molar refractivity (Wildman–Crippen MR) is 145 cm³/mol. The summed E-state index contributed by atoms with van der Waals surface area (Å²) in [6.45, 7) is 8.03. The lowest BCUT2D eigenvalue weighted by molar-refractivity contribution is -0.0493. The van der Waals surface area contributed by atoms with E-state index in [1.807, 2.05) is 48.0 Å². The van der Waals surface area contributed by atoms with Crippen molar-refractivity contribution >= 4 is 16.2 Å². The van der Waals surface area contributed by atoms with E-state index in [0.717, 1.165) is 30.4 Å². The summed E-state index contributed by atoms with van der Waals surface area (Å²) < 4.78 is 34.2. The topological polar surface area (TPSA) is 111 Å². The zero-order valence-corrected chi connectivity index (χ0v) is 23.5. The predicted octanol–water partition coefficient (Wildman–Crippen LogP) is 5.27. The molecule has 3 rings (SSSR count). The van der Waals surface area contributed by atoms with Crippen LogP contribution in [0, 0.1) is 0 Å². The van der Waals surface area contributed by atoms with Crippen LogP contribution < -0.4 is 0 Å². The molecule has 0 spiro atoms. The van der Waals surface area contributed by atoms with E-state index in [2.05, 4.69) is 11.9 Å². The van der Waals surface area contributed by atoms with Crippen LogP contribution in [0.3, 0.4) is 0 Å². The fraction of sp³-hybridized carbons (Fsp3) is 0.429. The highest BCUT2D eigenvalue weighted by Gasteiger charge is 2.29. The number of nitrogens with zero attached hydrogens (tertiary/aromatic N) is 3. The number of unbranched alkanes of at least 4 members (excludes halogenated alkanes) is 1. The Balaban J connectivity index is 1.91. The van der Waals surface area contributed by atoms with Gasteiger partial charge in [0.05, 0.1) is 11.5 Å². The summed E-state index contributed by atoms with van der Waals surface area (Å²) in [6.07, 6.45) is 5.58. The molecular weight excluding hydrogens is 506 g/mol. The maximum Gasteiger partial charge on any atom is 0.528 e. The molecule has 0 atom stereocenters. The van der Waals surface area contributed by atoms with E-state index in [1.54, 1.807) is 32.2 Å². The van der Waals surface area contributed by atoms with Crippen molar-refractivity contribution in [3.63, 3.8) is 0 Å². The average Bonchev–Trinajstić information content (AvgIpc) is 3.33. The van der Waals surface area contributed by atoms with Crippen molar-refractivity contribution in [2.45, 2.75) is 70.4 Å². The van der Waals surface area contributed by atoms with Gasteiger partial charge in [0, 0.05) is 31.5 Å². The molecule has 2 aromatic carbocycles. The van der Waals surface area contributed by atoms with Crippen LogP contribution in [0.1, 0.15) is 63.9 Å². The van der Waals surface area contributed by atoms with Crippen LogP contribution in [-0.4, -0.2) is 47.4 Å². The Kier molecular flexibility index (Phi) is 9.70. The molecule has 0 aliphatic rings. The molecule has 0 saturated heterocycles. The lowest BCUT2D eigenvalue weighted by atomic mass is 10.00. The van der Waals surface area contributed by atoms with Crippen LogP contribution in [0.25, 0.3) is 11.1 Å². The van der Waals surface area contributed by atoms with Crippen molar-refractivity contribution < 1.29 is 27.9 Å². The number of sulfonamides is 1. The number of ether oxygens (including phenoxy) is 1. The van der Waals surface area contributed by atoms with E-state index < -0.39 is 21.8 Å². The normalized spacial score (nSPS) is 12.1. The number of aliphatic hydroxyl groups is 1. The van der Waals surface area contributed by atoms with Gasteiger partial charge in [-0.1, -0.05) is 57.0 Å². The Morgan fingerprint density at radius 3 is 2.39 bits per heavy atom. The lowest BCUT2D eigenvalue weighted by Crippen LogP contribution is -2.31. The van der Waals surface area contributed by atoms with Crippen molar-refractivity contribution in [1.29, 1.82) is 0 Å². The SMILES string of the molecule is CCCCOC(=O)ON(C)S(=O)(=O)c1ccc(CCC)cc1-c1ccc(Cn2ccnc2C(C)(C)O)cc1. The van der Waals surface area contributed by atoms with Crippen molar-refractivity contribution in [2.75, 3.05) is 13.7 Å². The molecule has 10 heteroatoms. The minimum absolute atomic E-state index is 0.0212. The Hall–Kier alpha value is -3.21. The van der Waals surface area contributed by atoms with Crippen molar-refractivity contribution in [2.24, 2.45) is 0 Å². The van der Waals surface area contributed by atoms with Crippen LogP contribution in [0.4, 0.5) is 4.79 Å². The number of aryl methyl sites for hydroxylation is 1. The van der Waals surface area contributed by atoms with Gasteiger partial charge in [0.2, 0.25) is 0 Å². The molecule has 38 heavy (non-hydrogen) atoms. The average molecular weight is 544 g/mol. The first-order valence-corrected chi connectivity index (χ1v) is 14.2. The summed E-state index contributed by atoms with van der Waals surface area (Å²) in [5.41, 5.74) is 2.10. The van der Waals surface area contributed by atoms with Gasteiger partial charge in [-0.3, -0.25) is 0 Å². The molecule has 0 bridgehead atoms. The fourth-order valence-corrected chi connectivity index (χ4v) is 5.17. The van der Waals surface area contributed by atoms with Crippen LogP contribution in [0.2, 0.25) is 0 Å². The summed E-state index contributed by atoms with van der Waals surface area (Å²) in [5, 5.41) is 10.4. The molecular formula is C28H37N3O6S. The number of hydrogen-bond donors (Lipinski definition) is 1. The van der Waals surface area contributed by atoms with Gasteiger partial charge in [-0.2, -0.15) is 0 Å². The number of benzene rings is 2. The standard InChI is InChI=1S/C28H37N3O6S/c1-6-8-18-36-27(32)37-30(5)38(34,35)25-15-12-21(9-7-2)19-24(25)23-13-10-22(11-14-23)20-31-17-16-29-26(31)28(3,4)33/h10-17,19,33H,6-9,18,20H2,1-5H3. The first-order chi connectivity index (χ1) is 18.0. The molecule has 1 N–H and O–H groups in total. The van der Waals surface area contributed by atoms with Crippen LogP contribution in [-0.2, 0) is 38.2 Å². The fourth-order valence-electron chi connectivity index (χ4n) is 4.04. The van der Waals surface area contributed by atoms with Crippen LogP contribution in [0.15, 0.2) is 59.8 Å². The highest BCUT2D eigenvalue weighted by Crippen LogP contribution is 2.31. The van der Waals surface area contributed by atoms with Crippen molar-refractivity contribution in [1.82, 2.24) is 14.0 Å². The molecule has 0 aliphatic carbocycles. The number of imidazole rings is 1. The minimum Gasteiger partial charge on any atom is -0.433 e. The lowest BCUT2D eigenvalue weighted by Gasteiger charge is -2.20. The highest BCUT2D eigenvalue weighted by atomic mass is 32.2. The summed E-state index contributed by atoms with van der Waals surface area (Å²) in [6, 6.07) is 12.7. The Morgan fingerprint density at radius 1 is 1.08 bits per heavy atom. The molecule has 1 heterocycles. The van der Waals surface area contributed by atoms with E-state index in [0.29, 0.717) is 34.4 Å². The number of aromatic nitrogens is 2. The maximum atomic E-state index is 13.4. The monoisotopic (exact) mass is 543 g/mol. The third kappa shape index (κ3) is 7.21. The molecule has 9 nitrogen and oxygen atoms in total. The van der Waals surface area contributed by atoms with E-state index in [4.69, 9.17) is 9.57 Å². The molecule has 1 aromatic heterocycles. The largest absolute Gasteiger partial charge is 0.528 e. The van der Waals surface area contributed by atoms with Gasteiger partial charge in [0.25, 0.3) is 10.0 Å². The van der Waals surface area contributed by atoms with Gasteiger partial charge in [-0.25, -0.2) is 18.2 Å². The van der Waals surface area contributed by atoms with E-state index in [1.165, 1.54) is 7.05 Å². The Morgan fingerprint density at radius 2 is 1.76 bits per heavy atom. The third-order valence-corrected chi connectivity index (χ3v) is 7.66. The van der Waals surface area contributed by atoms with Gasteiger partial charge in [-0.15, -0.1) is 0 Å². The van der Waals surface area contributed by atoms with Gasteiger partial charge in [-0.05, 0) is 60.0 Å². The zero-order valence-electron chi connectivity index (χ0n) is 22.7. The highest BCUT2D eigenvalue weighted by molar-refractivity contribution is 7.89. The number of rotatable bonds is 12. The number of carbonyl (C=O) groups is 1. The van der Waals surface area contributed by atoms with Gasteiger partial charge in [0.15, 0.2) is 0 Å². The first-order valence-electron chi connectivity index (χ1n) is 12.8. The minimum atomic E-state index is -4.18. The van der Waals surface area contributed by atoms with Crippen LogP contribution in [0.5, 0.6) is 0 Å². The summed E-state index contributed by atoms with van der Waals surface area (Å²) in [5.74, 6) is 0.554. The second kappa shape index (κ2) is 12.6. The summed E-state index contributed by atoms with van der Waals surface area (Å²) in [4.78, 5) is 21.2. The first kappa shape index (κ1) is 29.3. The molecule has 0 amide bonds. The third-order valence-electron chi connectivity index (χ3n) is 6.00. The number of hydrogen-bond acceptors (Lipinski definition) is 7. The molecule has 0 saturated carbocycles. The molecule has 206 valence electrons. The molecule has 0 aliphatic heterocycles. The van der Waals surface area contributed by atoms with Crippen molar-refractivity contribution in [3.8, 4) is 11.1 Å². The molecule has 0 radical (unpaired) electrons. The van der Waals surface area contributed by atoms with Gasteiger partial charge >= 0.3 is 6.16 Å². The van der Waals surface area contributed by atoms with Gasteiger partial charge < -0.3 is 19.2 Å². The summed E-state index contributed by atoms with van der Waals surface area (Å²) >= 11 is 0. The molecule has 0 fully saturated rings. The second-order valence-electron chi connectivity index (χ2n) is 9.67. The summed E-state index contributed by atoms with van der Waals surface area (Å²) in [7, 11) is -3.00. The van der Waals surface area contributed by atoms with Crippen molar-refractivity contribution in [3.05, 3.63) is 71.8 Å². The van der Waals surface area contributed by atoms with Crippen LogP contribution >= 0.6 is 0 Å². The maximum absolute atomic E-state index is 13.4. The molecule has 3 aromatic rings. The van der Waals surface area contributed by atoms with E-state index in [9.17, 15) is 18.3 Å². The van der Waals surface area contributed by atoms with E-state index >= 15 is 0 Å². The Bertz CT molecular complexity index is 1330. The Labute approximate surface area is 225 Å². The number of carbonyl (C=O) groups excluding carboxylic acids is 1. The molecule has 0 unspecified atom stereocenters. The van der Waals surface area contributed by atoms with Gasteiger partial charge in [0.1, 0.15) is 11.4 Å². The van der Waals surface area contributed by atoms with E-state index in [-0.39, 0.29) is 11.5 Å². The zero-order chi connectivity index (χ0) is 27.9.